The maximum Gasteiger partial charge on any atom is 0.404 e. The lowest BCUT2D eigenvalue weighted by molar-refractivity contribution is -0.127. The van der Waals surface area contributed by atoms with E-state index < -0.39 is 70.1 Å². The van der Waals surface area contributed by atoms with Gasteiger partial charge in [-0.1, -0.05) is 17.7 Å². The first-order chi connectivity index (χ1) is 18.7. The molecule has 0 aliphatic carbocycles. The highest BCUT2D eigenvalue weighted by molar-refractivity contribution is 7.89. The molecule has 1 aliphatic rings. The number of hydrogen-bond acceptors (Lipinski definition) is 5. The fourth-order valence-corrected chi connectivity index (χ4v) is 5.71. The van der Waals surface area contributed by atoms with Gasteiger partial charge in [-0.2, -0.15) is 17.5 Å². The van der Waals surface area contributed by atoms with Gasteiger partial charge in [-0.05, 0) is 42.5 Å². The number of benzene rings is 2. The number of rotatable bonds is 7. The van der Waals surface area contributed by atoms with Crippen LogP contribution in [-0.2, 0) is 19.6 Å². The zero-order valence-corrected chi connectivity index (χ0v) is 21.9. The molecule has 9 nitrogen and oxygen atoms in total. The molecule has 1 aliphatic heterocycles. The van der Waals surface area contributed by atoms with Crippen molar-refractivity contribution in [1.82, 2.24) is 8.87 Å². The Balaban J connectivity index is 1.58. The summed E-state index contributed by atoms with van der Waals surface area (Å²) < 4.78 is 80.1. The van der Waals surface area contributed by atoms with Crippen molar-refractivity contribution in [2.75, 3.05) is 29.5 Å². The van der Waals surface area contributed by atoms with Gasteiger partial charge in [0, 0.05) is 42.1 Å². The highest BCUT2D eigenvalue weighted by Gasteiger charge is 2.48. The number of sulfonamides is 1. The molecule has 0 bridgehead atoms. The number of aromatic nitrogens is 1. The lowest BCUT2D eigenvalue weighted by atomic mass is 9.94. The van der Waals surface area contributed by atoms with Crippen molar-refractivity contribution < 1.29 is 35.6 Å². The van der Waals surface area contributed by atoms with E-state index in [0.29, 0.717) is 9.33 Å². The van der Waals surface area contributed by atoms with E-state index >= 15 is 0 Å². The van der Waals surface area contributed by atoms with E-state index in [1.54, 1.807) is 6.07 Å². The zero-order chi connectivity index (χ0) is 29.2. The van der Waals surface area contributed by atoms with E-state index in [-0.39, 0.29) is 17.1 Å². The molecule has 0 saturated carbocycles. The molecule has 40 heavy (non-hydrogen) atoms. The summed E-state index contributed by atoms with van der Waals surface area (Å²) >= 11 is 5.83. The van der Waals surface area contributed by atoms with Crippen LogP contribution in [0, 0.1) is 17.7 Å². The van der Waals surface area contributed by atoms with Crippen molar-refractivity contribution in [2.45, 2.75) is 6.18 Å². The maximum absolute atomic E-state index is 14.9. The second-order valence-electron chi connectivity index (χ2n) is 8.96. The molecule has 2 N–H and O–H groups in total. The third kappa shape index (κ3) is 6.87. The SMILES string of the molecule is O=C(Nc1ccc(Cl)cc1)[C@H]1CN(S(=O)(=O)CC(F)(F)F)C[C@@H]1C(=O)Nc1ccc(-n2ccccc2=O)cc1F. The molecule has 2 amide bonds. The van der Waals surface area contributed by atoms with Gasteiger partial charge in [-0.3, -0.25) is 19.0 Å². The summed E-state index contributed by atoms with van der Waals surface area (Å²) in [5.74, 6) is -7.77. The van der Waals surface area contributed by atoms with Gasteiger partial charge < -0.3 is 10.6 Å². The number of nitrogens with one attached hydrogen (secondary N) is 2. The Hall–Kier alpha value is -3.75. The molecule has 0 spiro atoms. The Morgan fingerprint density at radius 2 is 1.57 bits per heavy atom. The van der Waals surface area contributed by atoms with Gasteiger partial charge in [-0.25, -0.2) is 12.8 Å². The van der Waals surface area contributed by atoms with Crippen molar-refractivity contribution in [3.63, 3.8) is 0 Å². The van der Waals surface area contributed by atoms with Crippen LogP contribution in [0.1, 0.15) is 0 Å². The Morgan fingerprint density at radius 3 is 2.15 bits per heavy atom. The summed E-state index contributed by atoms with van der Waals surface area (Å²) in [6, 6.07) is 13.6. The van der Waals surface area contributed by atoms with Crippen LogP contribution in [0.4, 0.5) is 28.9 Å². The van der Waals surface area contributed by atoms with Crippen LogP contribution in [0.15, 0.2) is 71.7 Å². The van der Waals surface area contributed by atoms with Crippen molar-refractivity contribution >= 4 is 44.8 Å². The van der Waals surface area contributed by atoms with Gasteiger partial charge in [0.05, 0.1) is 23.2 Å². The van der Waals surface area contributed by atoms with Gasteiger partial charge >= 0.3 is 6.18 Å². The van der Waals surface area contributed by atoms with Gasteiger partial charge in [0.1, 0.15) is 5.82 Å². The molecule has 1 saturated heterocycles. The predicted octanol–water partition coefficient (Wildman–Crippen LogP) is 3.65. The van der Waals surface area contributed by atoms with Crippen molar-refractivity contribution in [1.29, 1.82) is 0 Å². The third-order valence-electron chi connectivity index (χ3n) is 6.12. The second-order valence-corrected chi connectivity index (χ2v) is 11.4. The van der Waals surface area contributed by atoms with Crippen LogP contribution in [-0.4, -0.2) is 54.1 Å². The molecule has 2 aromatic carbocycles. The minimum atomic E-state index is -5.05. The number of alkyl halides is 3. The lowest BCUT2D eigenvalue weighted by Crippen LogP contribution is -2.37. The fourth-order valence-electron chi connectivity index (χ4n) is 4.21. The predicted molar refractivity (Wildman–Crippen MR) is 139 cm³/mol. The monoisotopic (exact) mass is 600 g/mol. The number of nitrogens with zero attached hydrogens (tertiary/aromatic N) is 2. The Bertz CT molecular complexity index is 1600. The normalized spacial score (nSPS) is 17.9. The van der Waals surface area contributed by atoms with E-state index in [4.69, 9.17) is 11.6 Å². The number of anilines is 2. The van der Waals surface area contributed by atoms with E-state index in [1.165, 1.54) is 48.7 Å². The van der Waals surface area contributed by atoms with Crippen LogP contribution >= 0.6 is 11.6 Å². The van der Waals surface area contributed by atoms with Crippen molar-refractivity contribution in [2.24, 2.45) is 11.8 Å². The van der Waals surface area contributed by atoms with E-state index in [9.17, 15) is 40.4 Å². The Labute approximate surface area is 230 Å². The molecular weight excluding hydrogens is 580 g/mol. The van der Waals surface area contributed by atoms with E-state index in [2.05, 4.69) is 10.6 Å². The van der Waals surface area contributed by atoms with Crippen LogP contribution in [0.25, 0.3) is 5.69 Å². The molecule has 2 heterocycles. The topological polar surface area (TPSA) is 118 Å². The Kier molecular flexibility index (Phi) is 8.33. The summed E-state index contributed by atoms with van der Waals surface area (Å²) in [5.41, 5.74) is -0.361. The molecule has 1 aromatic heterocycles. The third-order valence-corrected chi connectivity index (χ3v) is 8.15. The molecular formula is C25H21ClF4N4O5S. The number of amides is 2. The van der Waals surface area contributed by atoms with Crippen LogP contribution in [0.2, 0.25) is 5.02 Å². The fraction of sp³-hybridized carbons (Fsp3) is 0.240. The first kappa shape index (κ1) is 29.2. The molecule has 15 heteroatoms. The molecule has 2 atom stereocenters. The molecule has 212 valence electrons. The molecule has 0 radical (unpaired) electrons. The largest absolute Gasteiger partial charge is 0.404 e. The van der Waals surface area contributed by atoms with Gasteiger partial charge in [0.15, 0.2) is 5.75 Å². The number of hydrogen-bond donors (Lipinski definition) is 2. The number of carbonyl (C=O) groups is 2. The van der Waals surface area contributed by atoms with Crippen LogP contribution in [0.3, 0.4) is 0 Å². The zero-order valence-electron chi connectivity index (χ0n) is 20.4. The summed E-state index contributed by atoms with van der Waals surface area (Å²) in [7, 11) is -4.93. The first-order valence-electron chi connectivity index (χ1n) is 11.6. The Morgan fingerprint density at radius 1 is 0.950 bits per heavy atom. The molecule has 4 rings (SSSR count). The smallest absolute Gasteiger partial charge is 0.326 e. The lowest BCUT2D eigenvalue weighted by Gasteiger charge is -2.18. The second kappa shape index (κ2) is 11.4. The highest BCUT2D eigenvalue weighted by Crippen LogP contribution is 2.31. The van der Waals surface area contributed by atoms with Crippen molar-refractivity contribution in [3.8, 4) is 5.69 Å². The van der Waals surface area contributed by atoms with Crippen LogP contribution < -0.4 is 16.2 Å². The average Bonchev–Trinajstić information content (AvgIpc) is 3.33. The minimum Gasteiger partial charge on any atom is -0.326 e. The van der Waals surface area contributed by atoms with E-state index in [0.717, 1.165) is 16.7 Å². The van der Waals surface area contributed by atoms with Gasteiger partial charge in [0.25, 0.3) is 5.56 Å². The molecule has 0 unspecified atom stereocenters. The number of halogens is 5. The molecule has 1 fully saturated rings. The van der Waals surface area contributed by atoms with Gasteiger partial charge in [-0.15, -0.1) is 0 Å². The summed E-state index contributed by atoms with van der Waals surface area (Å²) in [4.78, 5) is 38.2. The summed E-state index contributed by atoms with van der Waals surface area (Å²) in [6.07, 6.45) is -3.64. The summed E-state index contributed by atoms with van der Waals surface area (Å²) in [5, 5.41) is 5.14. The average molecular weight is 601 g/mol. The van der Waals surface area contributed by atoms with Crippen molar-refractivity contribution in [3.05, 3.63) is 88.1 Å². The quantitative estimate of drug-likeness (QED) is 0.402. The van der Waals surface area contributed by atoms with Crippen LogP contribution in [0.5, 0.6) is 0 Å². The van der Waals surface area contributed by atoms with Gasteiger partial charge in [0.2, 0.25) is 21.8 Å². The molecule has 3 aromatic rings. The maximum atomic E-state index is 14.9. The minimum absolute atomic E-state index is 0.159. The summed E-state index contributed by atoms with van der Waals surface area (Å²) in [6.45, 7) is -1.43. The first-order valence-corrected chi connectivity index (χ1v) is 13.6. The highest BCUT2D eigenvalue weighted by atomic mass is 35.5. The van der Waals surface area contributed by atoms with E-state index in [1.807, 2.05) is 0 Å². The number of pyridine rings is 1. The standard InChI is InChI=1S/C25H21ClF4N4O5S/c26-15-4-6-16(7-5-15)31-23(36)18-12-33(40(38,39)14-25(28,29)30)13-19(18)24(37)32-21-9-8-17(11-20(21)27)34-10-2-1-3-22(34)35/h1-11,18-19H,12-14H2,(H,31,36)(H,32,37)/t18-,19-/m0/s1. The number of carbonyl (C=O) groups excluding carboxylic acids is 2.